The summed E-state index contributed by atoms with van der Waals surface area (Å²) in [7, 11) is 0. The van der Waals surface area contributed by atoms with Gasteiger partial charge in [0.15, 0.2) is 0 Å². The molecule has 0 bridgehead atoms. The van der Waals surface area contributed by atoms with Crippen LogP contribution in [0.1, 0.15) is 25.0 Å². The van der Waals surface area contributed by atoms with Gasteiger partial charge >= 0.3 is 0 Å². The molecule has 2 heteroatoms. The summed E-state index contributed by atoms with van der Waals surface area (Å²) in [6.07, 6.45) is 0. The van der Waals surface area contributed by atoms with Crippen LogP contribution in [0.4, 0.5) is 0 Å². The molecule has 0 saturated heterocycles. The molecule has 0 atom stereocenters. The van der Waals surface area contributed by atoms with Crippen molar-refractivity contribution in [3.8, 4) is 0 Å². The number of hydrogen-bond acceptors (Lipinski definition) is 0. The van der Waals surface area contributed by atoms with Crippen molar-refractivity contribution in [2.75, 3.05) is 0 Å². The zero-order chi connectivity index (χ0) is 17.0. The van der Waals surface area contributed by atoms with Gasteiger partial charge < -0.3 is 30.3 Å². The summed E-state index contributed by atoms with van der Waals surface area (Å²) < 4.78 is 0. The smallest absolute Gasteiger partial charge is 0 e. The third kappa shape index (κ3) is 8.52. The van der Waals surface area contributed by atoms with Crippen molar-refractivity contribution in [1.82, 2.24) is 0 Å². The van der Waals surface area contributed by atoms with Gasteiger partial charge in [-0.2, -0.15) is 29.3 Å². The Balaban J connectivity index is 0.000000432. The second kappa shape index (κ2) is 14.4. The van der Waals surface area contributed by atoms with Crippen LogP contribution in [0.25, 0.3) is 5.57 Å². The van der Waals surface area contributed by atoms with Crippen molar-refractivity contribution in [2.24, 2.45) is 0 Å². The Morgan fingerprint density at radius 3 is 1.15 bits per heavy atom. The SMILES string of the molecule is CC(C)=C([c-]1cccc1)[c-]1cccc1.[Fe].[Fe].[cH-]1[cH-][cH-][cH-][cH-]1.c1cc[cH-]c1. The molecule has 0 unspecified atom stereocenters. The molecule has 0 N–H and O–H groups in total. The molecule has 0 aromatic heterocycles. The molecule has 4 aromatic rings. The van der Waals surface area contributed by atoms with E-state index in [4.69, 9.17) is 0 Å². The van der Waals surface area contributed by atoms with Gasteiger partial charge in [-0.3, -0.25) is 0 Å². The van der Waals surface area contributed by atoms with E-state index in [0.717, 1.165) is 0 Å². The minimum absolute atomic E-state index is 0. The van der Waals surface area contributed by atoms with Gasteiger partial charge in [-0.1, -0.05) is 26.0 Å². The number of hydrogen-bond donors (Lipinski definition) is 0. The Morgan fingerprint density at radius 1 is 0.577 bits per heavy atom. The van der Waals surface area contributed by atoms with E-state index in [1.165, 1.54) is 22.3 Å². The van der Waals surface area contributed by atoms with Crippen LogP contribution in [0, 0.1) is 0 Å². The summed E-state index contributed by atoms with van der Waals surface area (Å²) in [6.45, 7) is 4.32. The summed E-state index contributed by atoms with van der Waals surface area (Å²) >= 11 is 0. The van der Waals surface area contributed by atoms with E-state index in [0.29, 0.717) is 0 Å². The fraction of sp³-hybridized carbons (Fsp3) is 0.0833. The van der Waals surface area contributed by atoms with Crippen LogP contribution in [-0.4, -0.2) is 0 Å². The molecular weight excluding hydrogens is 400 g/mol. The molecule has 0 aliphatic carbocycles. The maximum atomic E-state index is 2.16. The van der Waals surface area contributed by atoms with Crippen molar-refractivity contribution in [2.45, 2.75) is 13.8 Å². The van der Waals surface area contributed by atoms with Crippen LogP contribution in [0.2, 0.25) is 0 Å². The first kappa shape index (κ1) is 24.2. The molecule has 4 rings (SSSR count). The van der Waals surface area contributed by atoms with Crippen LogP contribution in [0.3, 0.4) is 0 Å². The van der Waals surface area contributed by atoms with Gasteiger partial charge in [0, 0.05) is 34.1 Å². The molecular formula is C24H24Fe2-8. The van der Waals surface area contributed by atoms with Gasteiger partial charge in [0.1, 0.15) is 0 Å². The first-order chi connectivity index (χ1) is 11.8. The summed E-state index contributed by atoms with van der Waals surface area (Å²) in [5.41, 5.74) is 5.36. The molecule has 0 aliphatic heterocycles. The van der Waals surface area contributed by atoms with Gasteiger partial charge in [-0.05, 0) is 0 Å². The fourth-order valence-corrected chi connectivity index (χ4v) is 2.47. The Labute approximate surface area is 179 Å². The standard InChI is InChI=1S/C14H14.2C5H5.2Fe/c1-11(2)14(12-7-3-4-8-12)13-9-5-6-10-13;2*1-2-4-5-3-1;;/h3-10H,1-2H3;2*1-5H;;/q-2;-5;-1;;. The molecule has 0 aliphatic rings. The monoisotopic (exact) mass is 424 g/mol. The zero-order valence-electron chi connectivity index (χ0n) is 15.1. The zero-order valence-corrected chi connectivity index (χ0v) is 17.3. The van der Waals surface area contributed by atoms with Crippen LogP contribution in [0.5, 0.6) is 0 Å². The topological polar surface area (TPSA) is 0 Å². The Hall–Kier alpha value is -1.82. The molecule has 0 saturated carbocycles. The Bertz CT molecular complexity index is 653. The second-order valence-corrected chi connectivity index (χ2v) is 5.65. The van der Waals surface area contributed by atoms with Gasteiger partial charge in [0.2, 0.25) is 0 Å². The van der Waals surface area contributed by atoms with E-state index in [9.17, 15) is 0 Å². The fourth-order valence-electron chi connectivity index (χ4n) is 2.47. The molecule has 144 valence electrons. The van der Waals surface area contributed by atoms with Gasteiger partial charge in [0.25, 0.3) is 0 Å². The van der Waals surface area contributed by atoms with Crippen LogP contribution in [0.15, 0.2) is 115 Å². The predicted octanol–water partition coefficient (Wildman–Crippen LogP) is 6.77. The normalized spacial score (nSPS) is 8.54. The van der Waals surface area contributed by atoms with E-state index < -0.39 is 0 Å². The quantitative estimate of drug-likeness (QED) is 0.246. The van der Waals surface area contributed by atoms with E-state index in [1.807, 2.05) is 60.7 Å². The summed E-state index contributed by atoms with van der Waals surface area (Å²) in [5, 5.41) is 0. The van der Waals surface area contributed by atoms with Gasteiger partial charge in [-0.25, -0.2) is 42.0 Å². The number of allylic oxidation sites excluding steroid dienone is 1. The summed E-state index contributed by atoms with van der Waals surface area (Å²) in [4.78, 5) is 0. The first-order valence-corrected chi connectivity index (χ1v) is 8.24. The third-order valence-corrected chi connectivity index (χ3v) is 3.51. The van der Waals surface area contributed by atoms with Crippen molar-refractivity contribution < 1.29 is 34.1 Å². The van der Waals surface area contributed by atoms with Gasteiger partial charge in [0.05, 0.1) is 0 Å². The Morgan fingerprint density at radius 2 is 0.923 bits per heavy atom. The van der Waals surface area contributed by atoms with Crippen LogP contribution in [-0.2, 0) is 34.1 Å². The van der Waals surface area contributed by atoms with Crippen molar-refractivity contribution >= 4 is 5.57 Å². The molecule has 26 heavy (non-hydrogen) atoms. The minimum atomic E-state index is 0. The Kier molecular flexibility index (Phi) is 13.4. The van der Waals surface area contributed by atoms with Crippen molar-refractivity contribution in [3.05, 3.63) is 126 Å². The summed E-state index contributed by atoms with van der Waals surface area (Å²) in [6, 6.07) is 37.0. The first-order valence-electron chi connectivity index (χ1n) is 8.24. The third-order valence-electron chi connectivity index (χ3n) is 3.51. The van der Waals surface area contributed by atoms with E-state index >= 15 is 0 Å². The maximum Gasteiger partial charge on any atom is 0 e. The number of rotatable bonds is 2. The van der Waals surface area contributed by atoms with E-state index in [1.54, 1.807) is 0 Å². The van der Waals surface area contributed by atoms with Crippen LogP contribution < -0.4 is 0 Å². The van der Waals surface area contributed by atoms with Crippen molar-refractivity contribution in [3.63, 3.8) is 0 Å². The molecule has 0 amide bonds. The molecule has 0 radical (unpaired) electrons. The van der Waals surface area contributed by atoms with E-state index in [2.05, 4.69) is 62.4 Å². The second-order valence-electron chi connectivity index (χ2n) is 5.65. The molecule has 0 fully saturated rings. The predicted molar refractivity (Wildman–Crippen MR) is 106 cm³/mol. The largest absolute Gasteiger partial charge is 0.748 e. The molecule has 0 spiro atoms. The molecule has 4 aromatic carbocycles. The molecule has 0 nitrogen and oxygen atoms in total. The maximum absolute atomic E-state index is 2.16. The van der Waals surface area contributed by atoms with E-state index in [-0.39, 0.29) is 34.1 Å². The average Bonchev–Trinajstić information content (AvgIpc) is 3.37. The minimum Gasteiger partial charge on any atom is -0.748 e. The van der Waals surface area contributed by atoms with Crippen molar-refractivity contribution in [1.29, 1.82) is 0 Å². The van der Waals surface area contributed by atoms with Crippen LogP contribution >= 0.6 is 0 Å². The summed E-state index contributed by atoms with van der Waals surface area (Å²) in [5.74, 6) is 0. The van der Waals surface area contributed by atoms with Gasteiger partial charge in [-0.15, -0.1) is 17.7 Å². The average molecular weight is 424 g/mol. The molecule has 0 heterocycles.